The molecule has 0 saturated heterocycles. The summed E-state index contributed by atoms with van der Waals surface area (Å²) in [6, 6.07) is 3.13. The van der Waals surface area contributed by atoms with Crippen LogP contribution in [-0.4, -0.2) is 14.9 Å². The monoisotopic (exact) mass is 264 g/mol. The molecule has 0 saturated carbocycles. The van der Waals surface area contributed by atoms with Gasteiger partial charge in [-0.2, -0.15) is 5.10 Å². The molecule has 2 aromatic rings. The smallest absolute Gasteiger partial charge is 0.227 e. The number of aromatic nitrogens is 2. The van der Waals surface area contributed by atoms with Crippen molar-refractivity contribution in [3.05, 3.63) is 45.8 Å². The number of rotatable bonds is 5. The van der Waals surface area contributed by atoms with E-state index in [2.05, 4.69) is 5.10 Å². The fraction of sp³-hybridized carbons (Fsp3) is 0.385. The average molecular weight is 264 g/mol. The molecule has 6 heteroatoms. The van der Waals surface area contributed by atoms with Crippen molar-refractivity contribution in [2.45, 2.75) is 33.6 Å². The summed E-state index contributed by atoms with van der Waals surface area (Å²) in [5.74, 6) is 0.338. The van der Waals surface area contributed by atoms with Crippen molar-refractivity contribution < 1.29 is 14.3 Å². The third-order valence-electron chi connectivity index (χ3n) is 2.67. The van der Waals surface area contributed by atoms with Gasteiger partial charge in [0.2, 0.25) is 11.2 Å². The Morgan fingerprint density at radius 1 is 1.47 bits per heavy atom. The maximum atomic E-state index is 11.7. The predicted octanol–water partition coefficient (Wildman–Crippen LogP) is 1.24. The van der Waals surface area contributed by atoms with Crippen LogP contribution >= 0.6 is 0 Å². The van der Waals surface area contributed by atoms with Crippen molar-refractivity contribution in [1.29, 1.82) is 0 Å². The lowest BCUT2D eigenvalue weighted by Gasteiger charge is -2.06. The Labute approximate surface area is 110 Å². The first kappa shape index (κ1) is 13.4. The van der Waals surface area contributed by atoms with Gasteiger partial charge in [-0.1, -0.05) is 0 Å². The van der Waals surface area contributed by atoms with Gasteiger partial charge in [-0.05, 0) is 19.9 Å². The van der Waals surface area contributed by atoms with Crippen LogP contribution in [0.3, 0.4) is 0 Å². The van der Waals surface area contributed by atoms with Crippen LogP contribution in [0.25, 0.3) is 0 Å². The molecule has 0 amide bonds. The van der Waals surface area contributed by atoms with E-state index >= 15 is 0 Å². The fourth-order valence-corrected chi connectivity index (χ4v) is 1.77. The molecule has 6 nitrogen and oxygen atoms in total. The lowest BCUT2D eigenvalue weighted by molar-refractivity contribution is 0.234. The van der Waals surface area contributed by atoms with Gasteiger partial charge in [0.15, 0.2) is 0 Å². The summed E-state index contributed by atoms with van der Waals surface area (Å²) in [6.45, 7) is 4.57. The Bertz CT molecular complexity index is 615. The van der Waals surface area contributed by atoms with Crippen LogP contribution in [0.5, 0.6) is 5.75 Å². The molecule has 2 rings (SSSR count). The van der Waals surface area contributed by atoms with Crippen molar-refractivity contribution >= 4 is 0 Å². The summed E-state index contributed by atoms with van der Waals surface area (Å²) < 4.78 is 12.3. The van der Waals surface area contributed by atoms with Crippen LogP contribution in [0, 0.1) is 6.92 Å². The lowest BCUT2D eigenvalue weighted by atomic mass is 10.3. The molecule has 0 aliphatic heterocycles. The van der Waals surface area contributed by atoms with Crippen LogP contribution in [0.2, 0.25) is 0 Å². The standard InChI is InChI=1S/C13H16N2O4/c1-3-15-10(4-9(2)14-15)7-19-13-8-18-11(6-16)5-12(13)17/h4-5,8,16H,3,6-7H2,1-2H3. The van der Waals surface area contributed by atoms with Crippen LogP contribution in [0.15, 0.2) is 27.6 Å². The zero-order valence-corrected chi connectivity index (χ0v) is 10.9. The third kappa shape index (κ3) is 3.03. The van der Waals surface area contributed by atoms with Crippen molar-refractivity contribution in [3.8, 4) is 5.75 Å². The molecular weight excluding hydrogens is 248 g/mol. The van der Waals surface area contributed by atoms with Crippen LogP contribution in [0.4, 0.5) is 0 Å². The Morgan fingerprint density at radius 2 is 2.26 bits per heavy atom. The van der Waals surface area contributed by atoms with Gasteiger partial charge in [-0.15, -0.1) is 0 Å². The third-order valence-corrected chi connectivity index (χ3v) is 2.67. The molecule has 0 aliphatic carbocycles. The Hall–Kier alpha value is -2.08. The average Bonchev–Trinajstić information content (AvgIpc) is 2.77. The van der Waals surface area contributed by atoms with E-state index in [1.807, 2.05) is 24.6 Å². The van der Waals surface area contributed by atoms with Gasteiger partial charge in [0.05, 0.1) is 11.4 Å². The van der Waals surface area contributed by atoms with Gasteiger partial charge >= 0.3 is 0 Å². The van der Waals surface area contributed by atoms with E-state index < -0.39 is 0 Å². The number of aryl methyl sites for hydroxylation is 2. The first-order valence-electron chi connectivity index (χ1n) is 6.02. The largest absolute Gasteiger partial charge is 0.480 e. The van der Waals surface area contributed by atoms with E-state index in [0.29, 0.717) is 0 Å². The van der Waals surface area contributed by atoms with Crippen molar-refractivity contribution in [2.75, 3.05) is 0 Å². The zero-order valence-electron chi connectivity index (χ0n) is 10.9. The molecule has 0 aromatic carbocycles. The first-order valence-corrected chi connectivity index (χ1v) is 6.02. The maximum absolute atomic E-state index is 11.7. The first-order chi connectivity index (χ1) is 9.13. The molecule has 1 N–H and O–H groups in total. The highest BCUT2D eigenvalue weighted by molar-refractivity contribution is 5.18. The normalized spacial score (nSPS) is 10.7. The summed E-state index contributed by atoms with van der Waals surface area (Å²) in [5, 5.41) is 13.1. The molecule has 0 radical (unpaired) electrons. The van der Waals surface area contributed by atoms with Gasteiger partial charge < -0.3 is 14.3 Å². The van der Waals surface area contributed by atoms with Gasteiger partial charge in [0.25, 0.3) is 0 Å². The van der Waals surface area contributed by atoms with Crippen LogP contribution in [0.1, 0.15) is 24.1 Å². The molecule has 102 valence electrons. The Kier molecular flexibility index (Phi) is 4.01. The fourth-order valence-electron chi connectivity index (χ4n) is 1.77. The summed E-state index contributed by atoms with van der Waals surface area (Å²) in [7, 11) is 0. The van der Waals surface area contributed by atoms with Crippen molar-refractivity contribution in [3.63, 3.8) is 0 Å². The Balaban J connectivity index is 2.12. The van der Waals surface area contributed by atoms with Gasteiger partial charge in [0, 0.05) is 12.6 Å². The SMILES string of the molecule is CCn1nc(C)cc1COc1coc(CO)cc1=O. The molecular formula is C13H16N2O4. The topological polar surface area (TPSA) is 77.5 Å². The number of aliphatic hydroxyl groups is 1. The molecule has 2 aromatic heterocycles. The minimum absolute atomic E-state index is 0.124. The minimum Gasteiger partial charge on any atom is -0.480 e. The second-order valence-corrected chi connectivity index (χ2v) is 4.11. The van der Waals surface area contributed by atoms with Crippen molar-refractivity contribution in [2.24, 2.45) is 0 Å². The van der Waals surface area contributed by atoms with Gasteiger partial charge in [0.1, 0.15) is 25.2 Å². The molecule has 0 spiro atoms. The summed E-state index contributed by atoms with van der Waals surface area (Å²) in [5.41, 5.74) is 1.49. The number of aliphatic hydroxyl groups excluding tert-OH is 1. The molecule has 2 heterocycles. The van der Waals surface area contributed by atoms with Crippen LogP contribution in [-0.2, 0) is 19.8 Å². The number of hydrogen-bond acceptors (Lipinski definition) is 5. The summed E-state index contributed by atoms with van der Waals surface area (Å²) >= 11 is 0. The van der Waals surface area contributed by atoms with E-state index in [4.69, 9.17) is 14.3 Å². The van der Waals surface area contributed by atoms with Gasteiger partial charge in [-0.3, -0.25) is 9.48 Å². The van der Waals surface area contributed by atoms with E-state index in [1.54, 1.807) is 0 Å². The second kappa shape index (κ2) is 5.71. The molecule has 0 bridgehead atoms. The predicted molar refractivity (Wildman–Crippen MR) is 67.9 cm³/mol. The molecule has 19 heavy (non-hydrogen) atoms. The number of ether oxygens (including phenoxy) is 1. The molecule has 0 unspecified atom stereocenters. The zero-order chi connectivity index (χ0) is 13.8. The van der Waals surface area contributed by atoms with E-state index in [1.165, 1.54) is 12.3 Å². The summed E-state index contributed by atoms with van der Waals surface area (Å²) in [4.78, 5) is 11.7. The summed E-state index contributed by atoms with van der Waals surface area (Å²) in [6.07, 6.45) is 1.22. The van der Waals surface area contributed by atoms with E-state index in [9.17, 15) is 4.79 Å². The Morgan fingerprint density at radius 3 is 2.89 bits per heavy atom. The second-order valence-electron chi connectivity index (χ2n) is 4.11. The number of nitrogens with zero attached hydrogens (tertiary/aromatic N) is 2. The van der Waals surface area contributed by atoms with E-state index in [0.717, 1.165) is 17.9 Å². The maximum Gasteiger partial charge on any atom is 0.227 e. The van der Waals surface area contributed by atoms with E-state index in [-0.39, 0.29) is 30.2 Å². The highest BCUT2D eigenvalue weighted by atomic mass is 16.5. The van der Waals surface area contributed by atoms with Crippen molar-refractivity contribution in [1.82, 2.24) is 9.78 Å². The molecule has 0 fully saturated rings. The minimum atomic E-state index is -0.311. The highest BCUT2D eigenvalue weighted by Gasteiger charge is 2.08. The highest BCUT2D eigenvalue weighted by Crippen LogP contribution is 2.10. The van der Waals surface area contributed by atoms with Crippen LogP contribution < -0.4 is 10.2 Å². The molecule has 0 aliphatic rings. The quantitative estimate of drug-likeness (QED) is 0.879. The van der Waals surface area contributed by atoms with Gasteiger partial charge in [-0.25, -0.2) is 0 Å². The lowest BCUT2D eigenvalue weighted by Crippen LogP contribution is -2.11. The number of hydrogen-bond donors (Lipinski definition) is 1. The molecule has 0 atom stereocenters.